The second-order valence-electron chi connectivity index (χ2n) is 14.6. The number of imide groups is 1. The lowest BCUT2D eigenvalue weighted by molar-refractivity contribution is -0.276. The van der Waals surface area contributed by atoms with Gasteiger partial charge in [-0.2, -0.15) is 0 Å². The summed E-state index contributed by atoms with van der Waals surface area (Å²) >= 11 is 0. The van der Waals surface area contributed by atoms with E-state index < -0.39 is 35.8 Å². The number of nitrogens with one attached hydrogen (secondary N) is 1. The Labute approximate surface area is 304 Å². The Bertz CT molecular complexity index is 1730. The van der Waals surface area contributed by atoms with E-state index in [2.05, 4.69) is 17.1 Å². The minimum Gasteiger partial charge on any atom is -0.459 e. The zero-order valence-corrected chi connectivity index (χ0v) is 30.0. The van der Waals surface area contributed by atoms with Crippen LogP contribution in [0.4, 0.5) is 10.5 Å². The second-order valence-corrected chi connectivity index (χ2v) is 14.6. The maximum Gasteiger partial charge on any atom is 0.408 e. The third kappa shape index (κ3) is 8.70. The van der Waals surface area contributed by atoms with Crippen molar-refractivity contribution in [1.82, 2.24) is 10.2 Å². The number of carbonyl (C=O) groups excluding carboxylic acids is 4. The number of hydrogen-bond donors (Lipinski definition) is 2. The van der Waals surface area contributed by atoms with Gasteiger partial charge in [-0.15, -0.1) is 0 Å². The highest BCUT2D eigenvalue weighted by Crippen LogP contribution is 2.43. The summed E-state index contributed by atoms with van der Waals surface area (Å²) in [5, 5.41) is 12.1. The number of hydrogen-bond acceptors (Lipinski definition) is 10. The summed E-state index contributed by atoms with van der Waals surface area (Å²) < 4.78 is 24.2. The first-order valence-electron chi connectivity index (χ1n) is 17.8. The number of benzene rings is 3. The highest BCUT2D eigenvalue weighted by Gasteiger charge is 2.43. The highest BCUT2D eigenvalue weighted by molar-refractivity contribution is 6.22. The number of aliphatic hydroxyl groups excluding tert-OH is 1. The van der Waals surface area contributed by atoms with Gasteiger partial charge in [0.15, 0.2) is 6.29 Å². The Balaban J connectivity index is 1.16. The predicted octanol–water partition coefficient (Wildman–Crippen LogP) is 5.33. The Morgan fingerprint density at radius 3 is 2.29 bits per heavy atom. The van der Waals surface area contributed by atoms with Crippen molar-refractivity contribution in [1.29, 1.82) is 0 Å². The average Bonchev–Trinajstić information content (AvgIpc) is 3.70. The SMILES string of the molecule is C[C@@H]1[C@H](CN2CCC[C@H]2C(=O)OC(C)(C)C)O[C@H](c2ccc(N3C(=O)CC(NC(=O)OCc4ccccc4)C3=O)cc2)O[C@@H]1c1ccc(CO)cc1. The summed E-state index contributed by atoms with van der Waals surface area (Å²) in [5.74, 6) is -1.33. The molecule has 3 saturated heterocycles. The van der Waals surface area contributed by atoms with Gasteiger partial charge in [0.25, 0.3) is 5.91 Å². The van der Waals surface area contributed by atoms with Crippen LogP contribution in [0.15, 0.2) is 78.9 Å². The molecular formula is C40H47N3O9. The van der Waals surface area contributed by atoms with Crippen molar-refractivity contribution in [3.63, 3.8) is 0 Å². The van der Waals surface area contributed by atoms with E-state index in [-0.39, 0.29) is 49.8 Å². The quantitative estimate of drug-likeness (QED) is 0.209. The van der Waals surface area contributed by atoms with Crippen LogP contribution in [0.3, 0.4) is 0 Å². The van der Waals surface area contributed by atoms with Crippen molar-refractivity contribution in [2.24, 2.45) is 5.92 Å². The number of likely N-dealkylation sites (tertiary alicyclic amines) is 1. The molecule has 6 rings (SSSR count). The number of nitrogens with zero attached hydrogens (tertiary/aromatic N) is 2. The first-order valence-corrected chi connectivity index (χ1v) is 17.8. The van der Waals surface area contributed by atoms with Gasteiger partial charge in [0.1, 0.15) is 24.3 Å². The number of ether oxygens (including phenoxy) is 4. The molecule has 3 amide bonds. The van der Waals surface area contributed by atoms with Crippen LogP contribution >= 0.6 is 0 Å². The summed E-state index contributed by atoms with van der Waals surface area (Å²) in [4.78, 5) is 55.1. The summed E-state index contributed by atoms with van der Waals surface area (Å²) in [5.41, 5.74) is 2.96. The number of rotatable bonds is 10. The molecule has 3 fully saturated rings. The van der Waals surface area contributed by atoms with E-state index in [0.29, 0.717) is 24.2 Å². The molecule has 0 aliphatic carbocycles. The monoisotopic (exact) mass is 713 g/mol. The summed E-state index contributed by atoms with van der Waals surface area (Å²) in [6.45, 7) is 8.87. The fraction of sp³-hybridized carbons (Fsp3) is 0.450. The van der Waals surface area contributed by atoms with Gasteiger partial charge >= 0.3 is 12.1 Å². The molecule has 3 aliphatic heterocycles. The van der Waals surface area contributed by atoms with Gasteiger partial charge in [-0.1, -0.05) is 73.7 Å². The molecule has 6 atom stereocenters. The second kappa shape index (κ2) is 16.0. The molecule has 1 unspecified atom stereocenters. The standard InChI is InChI=1S/C40H47N3O9/c1-25-33(22-42-20-8-11-32(42)37(47)52-40(2,3)4)50-38(51-35(25)28-14-12-26(23-44)13-15-28)29-16-18-30(19-17-29)43-34(45)21-31(36(43)46)41-39(48)49-24-27-9-6-5-7-10-27/h5-7,9-10,12-19,25,31-33,35,38,44H,8,11,20-24H2,1-4H3,(H,41,48)/t25-,31?,32+,33+,35+,38+/m1/s1. The molecule has 12 heteroatoms. The number of carbonyl (C=O) groups is 4. The normalized spacial score (nSPS) is 25.3. The third-order valence-corrected chi connectivity index (χ3v) is 9.66. The lowest BCUT2D eigenvalue weighted by Crippen LogP contribution is -2.48. The van der Waals surface area contributed by atoms with Gasteiger partial charge in [-0.3, -0.25) is 19.3 Å². The van der Waals surface area contributed by atoms with E-state index in [0.717, 1.165) is 34.6 Å². The first-order chi connectivity index (χ1) is 24.9. The molecule has 3 aromatic rings. The number of alkyl carbamates (subject to hydrolysis) is 1. The minimum absolute atomic E-state index is 0.0365. The molecule has 276 valence electrons. The molecule has 3 aliphatic rings. The van der Waals surface area contributed by atoms with Crippen molar-refractivity contribution < 1.29 is 43.2 Å². The number of anilines is 1. The number of aliphatic hydroxyl groups is 1. The van der Waals surface area contributed by atoms with E-state index in [4.69, 9.17) is 18.9 Å². The van der Waals surface area contributed by atoms with Crippen LogP contribution in [-0.4, -0.2) is 70.8 Å². The summed E-state index contributed by atoms with van der Waals surface area (Å²) in [6.07, 6.45) is -0.866. The Hall–Kier alpha value is -4.62. The molecule has 0 bridgehead atoms. The Morgan fingerprint density at radius 2 is 1.62 bits per heavy atom. The van der Waals surface area contributed by atoms with Crippen molar-refractivity contribution in [3.8, 4) is 0 Å². The fourth-order valence-electron chi connectivity index (χ4n) is 6.94. The van der Waals surface area contributed by atoms with Gasteiger partial charge < -0.3 is 29.4 Å². The first kappa shape index (κ1) is 37.1. The molecule has 12 nitrogen and oxygen atoms in total. The summed E-state index contributed by atoms with van der Waals surface area (Å²) in [7, 11) is 0. The van der Waals surface area contributed by atoms with E-state index in [9.17, 15) is 24.3 Å². The lowest BCUT2D eigenvalue weighted by atomic mass is 9.90. The zero-order chi connectivity index (χ0) is 37.0. The van der Waals surface area contributed by atoms with Crippen molar-refractivity contribution >= 4 is 29.6 Å². The zero-order valence-electron chi connectivity index (χ0n) is 30.0. The average molecular weight is 714 g/mol. The van der Waals surface area contributed by atoms with Gasteiger partial charge in [0, 0.05) is 18.0 Å². The largest absolute Gasteiger partial charge is 0.459 e. The maximum absolute atomic E-state index is 13.3. The molecule has 52 heavy (non-hydrogen) atoms. The van der Waals surface area contributed by atoms with Crippen molar-refractivity contribution in [2.75, 3.05) is 18.0 Å². The molecule has 3 aromatic carbocycles. The van der Waals surface area contributed by atoms with Gasteiger partial charge in [-0.05, 0) is 69.0 Å². The van der Waals surface area contributed by atoms with Crippen LogP contribution < -0.4 is 10.2 Å². The maximum atomic E-state index is 13.3. The Kier molecular flexibility index (Phi) is 11.4. The van der Waals surface area contributed by atoms with E-state index in [1.807, 2.05) is 75.4 Å². The minimum atomic E-state index is -1.05. The van der Waals surface area contributed by atoms with Crippen LogP contribution in [0.5, 0.6) is 0 Å². The number of esters is 1. The smallest absolute Gasteiger partial charge is 0.408 e. The summed E-state index contributed by atoms with van der Waals surface area (Å²) in [6, 6.07) is 22.2. The third-order valence-electron chi connectivity index (χ3n) is 9.66. The molecular weight excluding hydrogens is 666 g/mol. The Morgan fingerprint density at radius 1 is 0.923 bits per heavy atom. The lowest BCUT2D eigenvalue weighted by Gasteiger charge is -2.43. The predicted molar refractivity (Wildman–Crippen MR) is 191 cm³/mol. The van der Waals surface area contributed by atoms with Crippen LogP contribution in [0, 0.1) is 5.92 Å². The topological polar surface area (TPSA) is 144 Å². The fourth-order valence-corrected chi connectivity index (χ4v) is 6.94. The van der Waals surface area contributed by atoms with Crippen LogP contribution in [-0.2, 0) is 46.5 Å². The van der Waals surface area contributed by atoms with E-state index in [1.54, 1.807) is 24.3 Å². The molecule has 0 radical (unpaired) electrons. The van der Waals surface area contributed by atoms with Crippen LogP contribution in [0.1, 0.15) is 81.6 Å². The van der Waals surface area contributed by atoms with E-state index >= 15 is 0 Å². The highest BCUT2D eigenvalue weighted by atomic mass is 16.7. The molecule has 0 spiro atoms. The molecule has 2 N–H and O–H groups in total. The molecule has 0 saturated carbocycles. The van der Waals surface area contributed by atoms with Crippen molar-refractivity contribution in [3.05, 3.63) is 101 Å². The van der Waals surface area contributed by atoms with Crippen LogP contribution in [0.2, 0.25) is 0 Å². The van der Waals surface area contributed by atoms with Gasteiger partial charge in [-0.25, -0.2) is 9.69 Å². The van der Waals surface area contributed by atoms with Gasteiger partial charge in [0.05, 0.1) is 30.9 Å². The van der Waals surface area contributed by atoms with E-state index in [1.165, 1.54) is 0 Å². The number of amides is 3. The van der Waals surface area contributed by atoms with Crippen molar-refractivity contribution in [2.45, 2.75) is 96.4 Å². The molecule has 3 heterocycles. The van der Waals surface area contributed by atoms with Gasteiger partial charge in [0.2, 0.25) is 5.91 Å². The van der Waals surface area contributed by atoms with Crippen LogP contribution in [0.25, 0.3) is 0 Å². The molecule has 0 aromatic heterocycles.